The zero-order chi connectivity index (χ0) is 27.3. The van der Waals surface area contributed by atoms with Crippen LogP contribution in [0.3, 0.4) is 0 Å². The van der Waals surface area contributed by atoms with E-state index in [2.05, 4.69) is 34.9 Å². The van der Waals surface area contributed by atoms with Crippen LogP contribution in [-0.2, 0) is 20.8 Å². The van der Waals surface area contributed by atoms with Gasteiger partial charge in [-0.25, -0.2) is 9.48 Å². The van der Waals surface area contributed by atoms with E-state index in [4.69, 9.17) is 14.6 Å². The Morgan fingerprint density at radius 2 is 1.47 bits per heavy atom. The standard InChI is InChI=1S/C27H45N5O6/c1-3-5-15-37-22-13-9-7-11-19(22)28-25(33)18-32-21(17-24(31-32)30-27(35)36)26(34)29-20-12-8-10-14-23(20)38-16-6-4-2/h17,19-20,22-23H,3-16,18H2,1-2H3,(H,28,33)(H,29,34)(H,30,31)(H,35,36)/t19-,20+,22-,23+/m1/s1. The van der Waals surface area contributed by atoms with Crippen LogP contribution in [0.1, 0.15) is 101 Å². The maximum absolute atomic E-state index is 13.3. The first-order valence-corrected chi connectivity index (χ1v) is 14.3. The molecule has 1 aromatic rings. The molecule has 2 aliphatic carbocycles. The monoisotopic (exact) mass is 535 g/mol. The summed E-state index contributed by atoms with van der Waals surface area (Å²) in [7, 11) is 0. The SMILES string of the molecule is CCCCO[C@H]1CCCC[C@@H]1NC(=O)c1cc(NC(=O)O)nn1CC(=O)N[C@@H]1CCCC[C@H]1OCCCC. The van der Waals surface area contributed by atoms with Crippen LogP contribution in [0.2, 0.25) is 0 Å². The van der Waals surface area contributed by atoms with E-state index in [0.29, 0.717) is 13.2 Å². The summed E-state index contributed by atoms with van der Waals surface area (Å²) in [6.07, 6.45) is 10.2. The number of carbonyl (C=O) groups is 3. The second-order valence-corrected chi connectivity index (χ2v) is 10.4. The number of hydrogen-bond donors (Lipinski definition) is 4. The number of carbonyl (C=O) groups excluding carboxylic acids is 2. The number of aromatic nitrogens is 2. The van der Waals surface area contributed by atoms with Crippen molar-refractivity contribution in [3.05, 3.63) is 11.8 Å². The Morgan fingerprint density at radius 1 is 0.921 bits per heavy atom. The normalized spacial score (nSPS) is 23.5. The summed E-state index contributed by atoms with van der Waals surface area (Å²) in [5.74, 6) is -0.704. The number of rotatable bonds is 14. The van der Waals surface area contributed by atoms with E-state index in [1.54, 1.807) is 0 Å². The van der Waals surface area contributed by atoms with Crippen LogP contribution in [0.4, 0.5) is 10.6 Å². The van der Waals surface area contributed by atoms with Crippen LogP contribution in [0, 0.1) is 0 Å². The highest BCUT2D eigenvalue weighted by Gasteiger charge is 2.30. The lowest BCUT2D eigenvalue weighted by atomic mass is 9.92. The van der Waals surface area contributed by atoms with Crippen LogP contribution in [0.15, 0.2) is 6.07 Å². The molecular weight excluding hydrogens is 490 g/mol. The molecule has 11 heteroatoms. The largest absolute Gasteiger partial charge is 0.465 e. The molecule has 2 aliphatic rings. The van der Waals surface area contributed by atoms with Crippen molar-refractivity contribution in [3.8, 4) is 0 Å². The third-order valence-corrected chi connectivity index (χ3v) is 7.27. The minimum Gasteiger partial charge on any atom is -0.465 e. The van der Waals surface area contributed by atoms with Crippen molar-refractivity contribution in [1.82, 2.24) is 20.4 Å². The third kappa shape index (κ3) is 9.27. The first-order valence-electron chi connectivity index (χ1n) is 14.3. The molecule has 0 bridgehead atoms. The van der Waals surface area contributed by atoms with Crippen molar-refractivity contribution in [3.63, 3.8) is 0 Å². The van der Waals surface area contributed by atoms with Gasteiger partial charge in [-0.2, -0.15) is 5.10 Å². The van der Waals surface area contributed by atoms with Gasteiger partial charge in [0.1, 0.15) is 12.2 Å². The molecule has 1 heterocycles. The topological polar surface area (TPSA) is 144 Å². The zero-order valence-electron chi connectivity index (χ0n) is 22.9. The van der Waals surface area contributed by atoms with Crippen LogP contribution < -0.4 is 16.0 Å². The van der Waals surface area contributed by atoms with Crippen LogP contribution in [0.25, 0.3) is 0 Å². The van der Waals surface area contributed by atoms with Gasteiger partial charge in [-0.1, -0.05) is 52.4 Å². The summed E-state index contributed by atoms with van der Waals surface area (Å²) in [6, 6.07) is 1.12. The molecule has 0 radical (unpaired) electrons. The lowest BCUT2D eigenvalue weighted by molar-refractivity contribution is -0.124. The van der Waals surface area contributed by atoms with Crippen LogP contribution in [-0.4, -0.2) is 70.3 Å². The van der Waals surface area contributed by atoms with Crippen molar-refractivity contribution in [1.29, 1.82) is 0 Å². The third-order valence-electron chi connectivity index (χ3n) is 7.27. The molecule has 3 amide bonds. The molecule has 0 aliphatic heterocycles. The van der Waals surface area contributed by atoms with Gasteiger partial charge in [-0.15, -0.1) is 0 Å². The van der Waals surface area contributed by atoms with Gasteiger partial charge in [-0.3, -0.25) is 14.9 Å². The predicted octanol–water partition coefficient (Wildman–Crippen LogP) is 4.07. The fourth-order valence-corrected chi connectivity index (χ4v) is 5.20. The second-order valence-electron chi connectivity index (χ2n) is 10.4. The maximum atomic E-state index is 13.3. The molecule has 0 saturated heterocycles. The lowest BCUT2D eigenvalue weighted by Crippen LogP contribution is -2.48. The molecule has 38 heavy (non-hydrogen) atoms. The Labute approximate surface area is 225 Å². The molecule has 11 nitrogen and oxygen atoms in total. The number of hydrogen-bond acceptors (Lipinski definition) is 6. The Kier molecular flexibility index (Phi) is 12.3. The second kappa shape index (κ2) is 15.7. The van der Waals surface area contributed by atoms with Crippen molar-refractivity contribution in [2.24, 2.45) is 0 Å². The van der Waals surface area contributed by atoms with E-state index in [0.717, 1.165) is 77.0 Å². The number of carboxylic acid groups (broad SMARTS) is 1. The number of nitrogens with one attached hydrogen (secondary N) is 3. The number of ether oxygens (including phenoxy) is 2. The maximum Gasteiger partial charge on any atom is 0.410 e. The number of amides is 3. The summed E-state index contributed by atoms with van der Waals surface area (Å²) < 4.78 is 13.4. The molecule has 3 rings (SSSR count). The molecule has 0 spiro atoms. The lowest BCUT2D eigenvalue weighted by Gasteiger charge is -2.32. The summed E-state index contributed by atoms with van der Waals surface area (Å²) >= 11 is 0. The Balaban J connectivity index is 1.67. The number of nitrogens with zero attached hydrogens (tertiary/aromatic N) is 2. The molecule has 4 N–H and O–H groups in total. The summed E-state index contributed by atoms with van der Waals surface area (Å²) in [5.41, 5.74) is 0.126. The molecule has 4 atom stereocenters. The van der Waals surface area contributed by atoms with E-state index in [-0.39, 0.29) is 48.3 Å². The van der Waals surface area contributed by atoms with Gasteiger partial charge >= 0.3 is 6.09 Å². The fraction of sp³-hybridized carbons (Fsp3) is 0.778. The van der Waals surface area contributed by atoms with E-state index < -0.39 is 12.0 Å². The summed E-state index contributed by atoms with van der Waals surface area (Å²) in [4.78, 5) is 37.6. The van der Waals surface area contributed by atoms with Crippen LogP contribution in [0.5, 0.6) is 0 Å². The molecule has 0 aromatic carbocycles. The molecule has 1 aromatic heterocycles. The Hall–Kier alpha value is -2.66. The quantitative estimate of drug-likeness (QED) is 0.263. The summed E-state index contributed by atoms with van der Waals surface area (Å²) in [5, 5.41) is 21.7. The highest BCUT2D eigenvalue weighted by molar-refractivity contribution is 5.95. The van der Waals surface area contributed by atoms with Crippen molar-refractivity contribution in [2.75, 3.05) is 18.5 Å². The van der Waals surface area contributed by atoms with E-state index >= 15 is 0 Å². The van der Waals surface area contributed by atoms with Crippen LogP contribution >= 0.6 is 0 Å². The Morgan fingerprint density at radius 3 is 2.03 bits per heavy atom. The van der Waals surface area contributed by atoms with Gasteiger partial charge in [0.15, 0.2) is 5.82 Å². The van der Waals surface area contributed by atoms with Gasteiger partial charge in [0.25, 0.3) is 5.91 Å². The minimum atomic E-state index is -1.29. The highest BCUT2D eigenvalue weighted by Crippen LogP contribution is 2.23. The van der Waals surface area contributed by atoms with Gasteiger partial charge < -0.3 is 25.2 Å². The smallest absolute Gasteiger partial charge is 0.410 e. The first kappa shape index (κ1) is 29.9. The zero-order valence-corrected chi connectivity index (χ0v) is 22.9. The number of unbranched alkanes of at least 4 members (excludes halogenated alkanes) is 2. The van der Waals surface area contributed by atoms with Gasteiger partial charge in [-0.05, 0) is 38.5 Å². The predicted molar refractivity (Wildman–Crippen MR) is 143 cm³/mol. The highest BCUT2D eigenvalue weighted by atomic mass is 16.5. The minimum absolute atomic E-state index is 0.00622. The molecule has 2 saturated carbocycles. The molecule has 214 valence electrons. The molecular formula is C27H45N5O6. The molecule has 0 unspecified atom stereocenters. The van der Waals surface area contributed by atoms with Crippen molar-refractivity contribution >= 4 is 23.7 Å². The van der Waals surface area contributed by atoms with Gasteiger partial charge in [0.05, 0.1) is 24.3 Å². The van der Waals surface area contributed by atoms with E-state index in [1.165, 1.54) is 10.7 Å². The van der Waals surface area contributed by atoms with E-state index in [9.17, 15) is 14.4 Å². The van der Waals surface area contributed by atoms with Gasteiger partial charge in [0, 0.05) is 19.3 Å². The number of anilines is 1. The van der Waals surface area contributed by atoms with Gasteiger partial charge in [0.2, 0.25) is 5.91 Å². The van der Waals surface area contributed by atoms with E-state index in [1.807, 2.05) is 0 Å². The van der Waals surface area contributed by atoms with Crippen molar-refractivity contribution < 1.29 is 29.0 Å². The Bertz CT molecular complexity index is 907. The first-order chi connectivity index (χ1) is 18.4. The average Bonchev–Trinajstić information content (AvgIpc) is 3.27. The fourth-order valence-electron chi connectivity index (χ4n) is 5.20. The van der Waals surface area contributed by atoms with Crippen molar-refractivity contribution in [2.45, 2.75) is 122 Å². The molecule has 2 fully saturated rings. The summed E-state index contributed by atoms with van der Waals surface area (Å²) in [6.45, 7) is 5.34. The average molecular weight is 536 g/mol.